The van der Waals surface area contributed by atoms with Crippen LogP contribution in [0.1, 0.15) is 336 Å². The summed E-state index contributed by atoms with van der Waals surface area (Å²) in [6, 6.07) is 0. The third kappa shape index (κ3) is 77.4. The van der Waals surface area contributed by atoms with Gasteiger partial charge in [-0.1, -0.05) is 315 Å². The van der Waals surface area contributed by atoms with E-state index < -0.39 is 97.5 Å². The molecule has 0 aromatic heterocycles. The number of phosphoric acid groups is 2. The van der Waals surface area contributed by atoms with Crippen molar-refractivity contribution in [3.05, 3.63) is 134 Å². The number of esters is 4. The van der Waals surface area contributed by atoms with Gasteiger partial charge in [0.05, 0.1) is 26.4 Å². The van der Waals surface area contributed by atoms with Crippen molar-refractivity contribution < 1.29 is 80.2 Å². The Morgan fingerprint density at radius 2 is 0.481 bits per heavy atom. The maximum atomic E-state index is 13.1. The van der Waals surface area contributed by atoms with Gasteiger partial charge in [-0.2, -0.15) is 0 Å². The third-order valence-corrected chi connectivity index (χ3v) is 19.0. The van der Waals surface area contributed by atoms with E-state index in [4.69, 9.17) is 37.0 Å². The second-order valence-electron chi connectivity index (χ2n) is 27.4. The summed E-state index contributed by atoms with van der Waals surface area (Å²) in [7, 11) is -10.0. The van der Waals surface area contributed by atoms with Crippen molar-refractivity contribution in [3.8, 4) is 0 Å². The molecule has 3 N–H and O–H groups in total. The third-order valence-electron chi connectivity index (χ3n) is 17.1. The van der Waals surface area contributed by atoms with Crippen molar-refractivity contribution in [1.29, 1.82) is 0 Å². The van der Waals surface area contributed by atoms with E-state index in [2.05, 4.69) is 137 Å². The lowest BCUT2D eigenvalue weighted by atomic mass is 10.0. The van der Waals surface area contributed by atoms with Gasteiger partial charge in [-0.25, -0.2) is 9.13 Å². The Bertz CT molecular complexity index is 2530. The molecule has 0 amide bonds. The van der Waals surface area contributed by atoms with E-state index in [0.29, 0.717) is 38.5 Å². The van der Waals surface area contributed by atoms with E-state index in [1.807, 2.05) is 24.3 Å². The molecule has 2 unspecified atom stereocenters. The van der Waals surface area contributed by atoms with Crippen molar-refractivity contribution in [2.24, 2.45) is 0 Å². The number of carbonyl (C=O) groups excluding carboxylic acids is 4. The summed E-state index contributed by atoms with van der Waals surface area (Å²) in [5.41, 5.74) is 0. The average molecular weight is 1530 g/mol. The molecular weight excluding hydrogens is 1380 g/mol. The van der Waals surface area contributed by atoms with Crippen LogP contribution in [0.4, 0.5) is 0 Å². The zero-order valence-electron chi connectivity index (χ0n) is 66.6. The van der Waals surface area contributed by atoms with Gasteiger partial charge in [0.25, 0.3) is 0 Å². The highest BCUT2D eigenvalue weighted by Gasteiger charge is 2.30. The van der Waals surface area contributed by atoms with Crippen molar-refractivity contribution in [2.75, 3.05) is 39.6 Å². The van der Waals surface area contributed by atoms with E-state index in [-0.39, 0.29) is 25.7 Å². The fourth-order valence-corrected chi connectivity index (χ4v) is 12.3. The first kappa shape index (κ1) is 101. The molecule has 0 bridgehead atoms. The molecule has 0 saturated heterocycles. The quantitative estimate of drug-likeness (QED) is 0.0169. The Kier molecular flexibility index (Phi) is 74.8. The van der Waals surface area contributed by atoms with Gasteiger partial charge in [-0.15, -0.1) is 0 Å². The molecule has 0 aromatic rings. The van der Waals surface area contributed by atoms with E-state index in [1.165, 1.54) is 116 Å². The Labute approximate surface area is 644 Å². The number of aliphatic hydroxyl groups excluding tert-OH is 1. The van der Waals surface area contributed by atoms with Crippen molar-refractivity contribution in [3.63, 3.8) is 0 Å². The Balaban J connectivity index is 5.47. The van der Waals surface area contributed by atoms with Crippen LogP contribution >= 0.6 is 15.6 Å². The molecule has 0 aromatic carbocycles. The van der Waals surface area contributed by atoms with Gasteiger partial charge in [0.2, 0.25) is 0 Å². The van der Waals surface area contributed by atoms with Gasteiger partial charge in [-0.05, 0) is 128 Å². The van der Waals surface area contributed by atoms with Gasteiger partial charge >= 0.3 is 39.5 Å². The Hall–Kier alpha value is -4.80. The summed E-state index contributed by atoms with van der Waals surface area (Å²) < 4.78 is 68.5. The number of carbonyl (C=O) groups is 4. The molecule has 17 nitrogen and oxygen atoms in total. The van der Waals surface area contributed by atoms with Crippen LogP contribution in [0.15, 0.2) is 134 Å². The first-order valence-electron chi connectivity index (χ1n) is 41.4. The monoisotopic (exact) mass is 1530 g/mol. The molecule has 0 rings (SSSR count). The van der Waals surface area contributed by atoms with Crippen LogP contribution in [0.5, 0.6) is 0 Å². The van der Waals surface area contributed by atoms with Crippen LogP contribution in [0.2, 0.25) is 0 Å². The van der Waals surface area contributed by atoms with E-state index >= 15 is 0 Å². The number of hydrogen-bond donors (Lipinski definition) is 3. The van der Waals surface area contributed by atoms with E-state index in [9.17, 15) is 43.2 Å². The maximum Gasteiger partial charge on any atom is 0.472 e. The number of unbranched alkanes of at least 4 members (excludes halogenated alkanes) is 29. The normalized spacial score (nSPS) is 14.5. The van der Waals surface area contributed by atoms with Crippen molar-refractivity contribution in [2.45, 2.75) is 354 Å². The molecule has 608 valence electrons. The first-order valence-corrected chi connectivity index (χ1v) is 44.4. The fraction of sp³-hybridized carbons (Fsp3) is 0.701. The number of phosphoric ester groups is 2. The van der Waals surface area contributed by atoms with Crippen molar-refractivity contribution in [1.82, 2.24) is 0 Å². The molecule has 0 saturated carbocycles. The molecule has 19 heteroatoms. The summed E-state index contributed by atoms with van der Waals surface area (Å²) >= 11 is 0. The zero-order chi connectivity index (χ0) is 77.4. The molecule has 0 fully saturated rings. The number of hydrogen-bond acceptors (Lipinski definition) is 15. The first-order chi connectivity index (χ1) is 51.7. The lowest BCUT2D eigenvalue weighted by molar-refractivity contribution is -0.161. The summed E-state index contributed by atoms with van der Waals surface area (Å²) in [5, 5.41) is 10.6. The van der Waals surface area contributed by atoms with Gasteiger partial charge in [0.15, 0.2) is 12.2 Å². The second-order valence-corrected chi connectivity index (χ2v) is 30.3. The molecule has 0 aliphatic heterocycles. The SMILES string of the molecule is CCCCC/C=C\C/C=C\C/C=C\C/C=C\C/C=C\CCC(=O)OC[C@H](COP(=O)(O)OC[C@@H](O)COP(=O)(O)OC[C@@H](COC(=O)CC/C=C\C/C=C\C/C=C\C/C=C\C/C=C\CCCCC)OC(=O)CCCCCCCCCCCCCCC)OC(=O)CCCCCCCCC/C=C\CCCCCC. The van der Waals surface area contributed by atoms with Crippen LogP contribution in [-0.2, 0) is 65.4 Å². The average Bonchev–Trinajstić information content (AvgIpc) is 0.933. The maximum absolute atomic E-state index is 13.1. The summed E-state index contributed by atoms with van der Waals surface area (Å²) in [6.45, 7) is 4.66. The summed E-state index contributed by atoms with van der Waals surface area (Å²) in [4.78, 5) is 73.0. The molecule has 5 atom stereocenters. The lowest BCUT2D eigenvalue weighted by Crippen LogP contribution is -2.30. The van der Waals surface area contributed by atoms with Crippen LogP contribution in [0.3, 0.4) is 0 Å². The highest BCUT2D eigenvalue weighted by Crippen LogP contribution is 2.45. The smallest absolute Gasteiger partial charge is 0.462 e. The van der Waals surface area contributed by atoms with Crippen LogP contribution in [-0.4, -0.2) is 96.7 Å². The molecule has 0 radical (unpaired) electrons. The molecule has 0 aliphatic carbocycles. The van der Waals surface area contributed by atoms with Crippen LogP contribution in [0.25, 0.3) is 0 Å². The van der Waals surface area contributed by atoms with Gasteiger partial charge < -0.3 is 33.8 Å². The van der Waals surface area contributed by atoms with Crippen LogP contribution < -0.4 is 0 Å². The highest BCUT2D eigenvalue weighted by atomic mass is 31.2. The summed E-state index contributed by atoms with van der Waals surface area (Å²) in [6.07, 6.45) is 88.8. The summed E-state index contributed by atoms with van der Waals surface area (Å²) in [5.74, 6) is -2.36. The largest absolute Gasteiger partial charge is 0.472 e. The minimum Gasteiger partial charge on any atom is -0.462 e. The van der Waals surface area contributed by atoms with E-state index in [1.54, 1.807) is 0 Å². The van der Waals surface area contributed by atoms with Gasteiger partial charge in [0, 0.05) is 25.7 Å². The Morgan fingerprint density at radius 3 is 0.783 bits per heavy atom. The predicted octanol–water partition coefficient (Wildman–Crippen LogP) is 24.4. The van der Waals surface area contributed by atoms with Crippen LogP contribution in [0, 0.1) is 0 Å². The number of ether oxygens (including phenoxy) is 4. The lowest BCUT2D eigenvalue weighted by Gasteiger charge is -2.21. The predicted molar refractivity (Wildman–Crippen MR) is 436 cm³/mol. The molecule has 0 heterocycles. The standard InChI is InChI=1S/C87H148O17P2/c1-5-9-13-17-21-25-29-33-36-38-40-42-45-48-51-55-59-63-67-71-84(89)97-77-82(103-86(91)73-69-65-61-57-53-47-32-28-24-20-16-12-8-4)79-101-105(93,94)99-75-81(88)76-100-106(95,96)102-80-83(104-87(92)74-70-66-62-58-54-50-44-35-31-27-23-19-15-11-7-3)78-98-85(90)72-68-64-60-56-52-49-46-43-41-39-37-34-30-26-22-18-14-10-6-2/h21-22,25-27,31,33-34,36-37,40-43,48-49,51-52,59-60,63-64,81-83,88H,5-20,23-24,28-30,32,35,38-39,44-47,50,53-58,61-62,65-80H2,1-4H3,(H,93,94)(H,95,96)/b25-21-,26-22-,31-27-,36-33-,37-34-,42-40-,43-41-,51-48-,52-49-,63-59-,64-60-/t81-,82+,83+/m0/s1. The second kappa shape index (κ2) is 78.3. The van der Waals surface area contributed by atoms with Crippen molar-refractivity contribution >= 4 is 39.5 Å². The number of rotatable bonds is 77. The molecule has 0 spiro atoms. The number of allylic oxidation sites excluding steroid dienone is 22. The molecule has 106 heavy (non-hydrogen) atoms. The Morgan fingerprint density at radius 1 is 0.264 bits per heavy atom. The van der Waals surface area contributed by atoms with E-state index in [0.717, 1.165) is 128 Å². The number of aliphatic hydroxyl groups is 1. The highest BCUT2D eigenvalue weighted by molar-refractivity contribution is 7.47. The fourth-order valence-electron chi connectivity index (χ4n) is 10.8. The molecule has 0 aliphatic rings. The minimum absolute atomic E-state index is 0.0341. The topological polar surface area (TPSA) is 237 Å². The van der Waals surface area contributed by atoms with Gasteiger partial charge in [0.1, 0.15) is 19.3 Å². The minimum atomic E-state index is -5.00. The van der Waals surface area contributed by atoms with Gasteiger partial charge in [-0.3, -0.25) is 37.3 Å². The molecular formula is C87H148O17P2. The zero-order valence-corrected chi connectivity index (χ0v) is 68.4.